The maximum absolute atomic E-state index is 12.9. The lowest BCUT2D eigenvalue weighted by molar-refractivity contribution is 0.399. The monoisotopic (exact) mass is 318 g/mol. The van der Waals surface area contributed by atoms with Crippen LogP contribution in [0, 0.1) is 0 Å². The van der Waals surface area contributed by atoms with Crippen molar-refractivity contribution in [2.45, 2.75) is 0 Å². The van der Waals surface area contributed by atoms with Crippen molar-refractivity contribution >= 4 is 18.3 Å². The summed E-state index contributed by atoms with van der Waals surface area (Å²) >= 11 is 0. The highest BCUT2D eigenvalue weighted by atomic mass is 16.5. The van der Waals surface area contributed by atoms with E-state index in [2.05, 4.69) is 9.97 Å². The fraction of sp³-hybridized carbons (Fsp3) is 0.118. The molecule has 24 heavy (non-hydrogen) atoms. The molecule has 2 aromatic heterocycles. The molecule has 0 aliphatic carbocycles. The molecule has 0 bridgehead atoms. The van der Waals surface area contributed by atoms with E-state index < -0.39 is 0 Å². The van der Waals surface area contributed by atoms with Crippen LogP contribution >= 0.6 is 0 Å². The molecular weight excluding hydrogens is 305 g/mol. The van der Waals surface area contributed by atoms with Crippen LogP contribution in [0.4, 0.5) is 0 Å². The predicted octanol–water partition coefficient (Wildman–Crippen LogP) is 0.280. The van der Waals surface area contributed by atoms with Gasteiger partial charge in [-0.15, -0.1) is 0 Å². The van der Waals surface area contributed by atoms with Crippen molar-refractivity contribution in [1.82, 2.24) is 14.5 Å². The molecule has 3 heterocycles. The first kappa shape index (κ1) is 14.5. The molecule has 0 spiro atoms. The van der Waals surface area contributed by atoms with Gasteiger partial charge in [0.05, 0.1) is 19.8 Å². The Morgan fingerprint density at radius 1 is 1.04 bits per heavy atom. The molecule has 117 valence electrons. The fourth-order valence-corrected chi connectivity index (χ4v) is 2.89. The van der Waals surface area contributed by atoms with Gasteiger partial charge in [0.1, 0.15) is 12.1 Å². The van der Waals surface area contributed by atoms with Gasteiger partial charge in [0.2, 0.25) is 18.7 Å². The number of pyridine rings is 1. The van der Waals surface area contributed by atoms with E-state index in [4.69, 9.17) is 9.47 Å². The Morgan fingerprint density at radius 3 is 2.54 bits per heavy atom. The third-order valence-electron chi connectivity index (χ3n) is 4.07. The highest BCUT2D eigenvalue weighted by Crippen LogP contribution is 2.26. The molecule has 0 N–H and O–H groups in total. The fourth-order valence-electron chi connectivity index (χ4n) is 2.89. The van der Waals surface area contributed by atoms with E-state index in [1.807, 2.05) is 30.3 Å². The van der Waals surface area contributed by atoms with Gasteiger partial charge in [0.15, 0.2) is 0 Å². The van der Waals surface area contributed by atoms with E-state index in [1.165, 1.54) is 6.33 Å². The number of rotatable bonds is 3. The summed E-state index contributed by atoms with van der Waals surface area (Å²) in [4.78, 5) is 21.3. The number of aromatic nitrogens is 3. The number of hydrogen-bond acceptors (Lipinski definition) is 5. The standard InChI is InChI=1S/C17H13BN3O3/c1-23-11-5-3-10(4-6-11)21-8-7-12-13-15(18-14(12)17(21)22)19-9-20-16(13)24-2/h3-9H,1-2H3. The van der Waals surface area contributed by atoms with Crippen molar-refractivity contribution in [3.8, 4) is 28.4 Å². The molecule has 1 aliphatic heterocycles. The van der Waals surface area contributed by atoms with Gasteiger partial charge >= 0.3 is 0 Å². The van der Waals surface area contributed by atoms with Crippen LogP contribution in [0.1, 0.15) is 0 Å². The molecule has 0 atom stereocenters. The van der Waals surface area contributed by atoms with Crippen LogP contribution in [0.15, 0.2) is 47.7 Å². The molecule has 1 aliphatic rings. The van der Waals surface area contributed by atoms with E-state index in [0.29, 0.717) is 16.9 Å². The quantitative estimate of drug-likeness (QED) is 0.508. The number of hydrogen-bond donors (Lipinski definition) is 0. The molecule has 1 radical (unpaired) electrons. The van der Waals surface area contributed by atoms with E-state index in [-0.39, 0.29) is 5.56 Å². The van der Waals surface area contributed by atoms with Gasteiger partial charge in [0.25, 0.3) is 0 Å². The highest BCUT2D eigenvalue weighted by Gasteiger charge is 2.28. The Hall–Kier alpha value is -3.09. The molecule has 1 aromatic carbocycles. The Labute approximate surface area is 139 Å². The third-order valence-corrected chi connectivity index (χ3v) is 4.07. The normalized spacial score (nSPS) is 11.4. The molecule has 0 saturated carbocycles. The van der Waals surface area contributed by atoms with Gasteiger partial charge in [-0.2, -0.15) is 0 Å². The van der Waals surface area contributed by atoms with Gasteiger partial charge < -0.3 is 9.47 Å². The number of nitrogens with zero attached hydrogens (tertiary/aromatic N) is 3. The van der Waals surface area contributed by atoms with Gasteiger partial charge in [-0.3, -0.25) is 14.3 Å². The lowest BCUT2D eigenvalue weighted by atomic mass is 9.71. The Bertz CT molecular complexity index is 983. The van der Waals surface area contributed by atoms with Crippen LogP contribution in [-0.2, 0) is 0 Å². The van der Waals surface area contributed by atoms with Crippen LogP contribution in [0.3, 0.4) is 0 Å². The van der Waals surface area contributed by atoms with E-state index in [1.54, 1.807) is 32.3 Å². The van der Waals surface area contributed by atoms with Crippen molar-refractivity contribution in [3.05, 3.63) is 53.2 Å². The van der Waals surface area contributed by atoms with Gasteiger partial charge in [-0.05, 0) is 41.4 Å². The largest absolute Gasteiger partial charge is 0.497 e. The molecule has 4 rings (SSSR count). The van der Waals surface area contributed by atoms with Crippen LogP contribution in [-0.4, -0.2) is 36.0 Å². The summed E-state index contributed by atoms with van der Waals surface area (Å²) in [5.74, 6) is 1.21. The summed E-state index contributed by atoms with van der Waals surface area (Å²) in [6.45, 7) is 0. The molecule has 6 nitrogen and oxygen atoms in total. The number of ether oxygens (including phenoxy) is 2. The number of methoxy groups -OCH3 is 2. The zero-order valence-electron chi connectivity index (χ0n) is 13.2. The Kier molecular flexibility index (Phi) is 3.34. The summed E-state index contributed by atoms with van der Waals surface area (Å²) in [5, 5.41) is 0. The number of fused-ring (bicyclic) bond motifs is 3. The summed E-state index contributed by atoms with van der Waals surface area (Å²) in [6, 6.07) is 9.21. The third kappa shape index (κ3) is 2.09. The van der Waals surface area contributed by atoms with E-state index >= 15 is 0 Å². The Morgan fingerprint density at radius 2 is 1.83 bits per heavy atom. The van der Waals surface area contributed by atoms with Crippen molar-refractivity contribution in [1.29, 1.82) is 0 Å². The van der Waals surface area contributed by atoms with Gasteiger partial charge in [0, 0.05) is 17.5 Å². The van der Waals surface area contributed by atoms with E-state index in [0.717, 1.165) is 22.6 Å². The van der Waals surface area contributed by atoms with Crippen molar-refractivity contribution in [3.63, 3.8) is 0 Å². The van der Waals surface area contributed by atoms with Crippen molar-refractivity contribution < 1.29 is 9.47 Å². The molecule has 0 unspecified atom stereocenters. The molecule has 3 aromatic rings. The molecule has 7 heteroatoms. The van der Waals surface area contributed by atoms with Crippen LogP contribution in [0.25, 0.3) is 16.8 Å². The predicted molar refractivity (Wildman–Crippen MR) is 91.2 cm³/mol. The molecule has 0 saturated heterocycles. The summed E-state index contributed by atoms with van der Waals surface area (Å²) < 4.78 is 12.1. The maximum atomic E-state index is 12.9. The van der Waals surface area contributed by atoms with Gasteiger partial charge in [-0.1, -0.05) is 0 Å². The molecule has 0 amide bonds. The van der Waals surface area contributed by atoms with Crippen LogP contribution in [0.5, 0.6) is 11.6 Å². The SMILES string of the molecule is COc1ccc(-n2ccc3c(c2=O)[B]c2ncnc(OC)c2-3)cc1. The smallest absolute Gasteiger partial charge is 0.249 e. The second kappa shape index (κ2) is 5.52. The first-order valence-corrected chi connectivity index (χ1v) is 7.37. The lowest BCUT2D eigenvalue weighted by Crippen LogP contribution is -2.39. The highest BCUT2D eigenvalue weighted by molar-refractivity contribution is 6.72. The average Bonchev–Trinajstić information content (AvgIpc) is 3.02. The zero-order chi connectivity index (χ0) is 16.7. The molecular formula is C17H13BN3O3. The van der Waals surface area contributed by atoms with Crippen LogP contribution in [0.2, 0.25) is 0 Å². The van der Waals surface area contributed by atoms with Crippen LogP contribution < -0.4 is 26.1 Å². The van der Waals surface area contributed by atoms with E-state index in [9.17, 15) is 4.79 Å². The second-order valence-electron chi connectivity index (χ2n) is 5.30. The number of benzene rings is 1. The maximum Gasteiger partial charge on any atom is 0.249 e. The lowest BCUT2D eigenvalue weighted by Gasteiger charge is -2.10. The van der Waals surface area contributed by atoms with Crippen molar-refractivity contribution in [2.24, 2.45) is 0 Å². The summed E-state index contributed by atoms with van der Waals surface area (Å²) in [7, 11) is 4.94. The van der Waals surface area contributed by atoms with Gasteiger partial charge in [-0.25, -0.2) is 4.98 Å². The molecule has 0 fully saturated rings. The van der Waals surface area contributed by atoms with Crippen molar-refractivity contribution in [2.75, 3.05) is 14.2 Å². The topological polar surface area (TPSA) is 66.2 Å². The summed E-state index contributed by atoms with van der Waals surface area (Å²) in [6.07, 6.45) is 3.18. The average molecular weight is 318 g/mol. The first-order valence-electron chi connectivity index (χ1n) is 7.37. The Balaban J connectivity index is 1.85. The second-order valence-corrected chi connectivity index (χ2v) is 5.30. The summed E-state index contributed by atoms with van der Waals surface area (Å²) in [5.41, 5.74) is 3.48. The minimum atomic E-state index is -0.113. The zero-order valence-corrected chi connectivity index (χ0v) is 13.2. The first-order chi connectivity index (χ1) is 11.7. The minimum Gasteiger partial charge on any atom is -0.497 e. The minimum absolute atomic E-state index is 0.113.